The van der Waals surface area contributed by atoms with E-state index >= 15 is 0 Å². The Morgan fingerprint density at radius 1 is 0.955 bits per heavy atom. The molecular weight excluding hydrogens is 292 g/mol. The van der Waals surface area contributed by atoms with Gasteiger partial charge in [-0.2, -0.15) is 0 Å². The fourth-order valence-corrected chi connectivity index (χ4v) is 2.30. The first-order valence-corrected chi connectivity index (χ1v) is 7.22. The van der Waals surface area contributed by atoms with Crippen molar-refractivity contribution in [3.63, 3.8) is 0 Å². The van der Waals surface area contributed by atoms with Gasteiger partial charge in [0.25, 0.3) is 0 Å². The summed E-state index contributed by atoms with van der Waals surface area (Å²) in [6.07, 6.45) is 7.39. The van der Waals surface area contributed by atoms with Crippen molar-refractivity contribution in [3.05, 3.63) is 71.0 Å². The van der Waals surface area contributed by atoms with E-state index in [1.54, 1.807) is 6.20 Å². The second-order valence-electron chi connectivity index (χ2n) is 4.97. The van der Waals surface area contributed by atoms with Crippen LogP contribution in [0, 0.1) is 19.3 Å². The van der Waals surface area contributed by atoms with E-state index in [4.69, 9.17) is 18.0 Å². The van der Waals surface area contributed by atoms with Crippen LogP contribution >= 0.6 is 11.6 Å². The predicted molar refractivity (Wildman–Crippen MR) is 90.6 cm³/mol. The molecule has 0 atom stereocenters. The normalized spacial score (nSPS) is 10.2. The highest BCUT2D eigenvalue weighted by Crippen LogP contribution is 2.25. The minimum atomic E-state index is 0.577. The fourth-order valence-electron chi connectivity index (χ4n) is 2.17. The van der Waals surface area contributed by atoms with Crippen LogP contribution in [0.15, 0.2) is 54.7 Å². The lowest BCUT2D eigenvalue weighted by Gasteiger charge is -2.07. The Labute approximate surface area is 134 Å². The van der Waals surface area contributed by atoms with Crippen LogP contribution in [0.2, 0.25) is 5.02 Å². The van der Waals surface area contributed by atoms with Crippen molar-refractivity contribution in [1.29, 1.82) is 0 Å². The number of halogens is 1. The fraction of sp³-hybridized carbons (Fsp3) is 0.0526. The molecule has 0 saturated heterocycles. The lowest BCUT2D eigenvalue weighted by molar-refractivity contribution is 1.16. The number of rotatable bonds is 2. The number of benzene rings is 2. The van der Waals surface area contributed by atoms with E-state index in [-0.39, 0.29) is 0 Å². The third-order valence-electron chi connectivity index (χ3n) is 3.39. The SMILES string of the molecule is C#Cc1nc(-c2ccc(C)cc2)ncc1-c1ccc(Cl)cc1. The second-order valence-corrected chi connectivity index (χ2v) is 5.41. The van der Waals surface area contributed by atoms with Gasteiger partial charge < -0.3 is 0 Å². The Morgan fingerprint density at radius 2 is 1.59 bits per heavy atom. The van der Waals surface area contributed by atoms with Crippen LogP contribution in [0.5, 0.6) is 0 Å². The van der Waals surface area contributed by atoms with Gasteiger partial charge in [0.1, 0.15) is 5.69 Å². The smallest absolute Gasteiger partial charge is 0.160 e. The number of aryl methyl sites for hydroxylation is 1. The van der Waals surface area contributed by atoms with Crippen LogP contribution in [0.4, 0.5) is 0 Å². The number of aromatic nitrogens is 2. The van der Waals surface area contributed by atoms with Crippen LogP contribution in [-0.4, -0.2) is 9.97 Å². The van der Waals surface area contributed by atoms with Crippen molar-refractivity contribution in [3.8, 4) is 34.9 Å². The molecule has 22 heavy (non-hydrogen) atoms. The summed E-state index contributed by atoms with van der Waals surface area (Å²) in [7, 11) is 0. The minimum Gasteiger partial charge on any atom is -0.236 e. The van der Waals surface area contributed by atoms with Crippen LogP contribution < -0.4 is 0 Å². The van der Waals surface area contributed by atoms with Gasteiger partial charge in [0, 0.05) is 22.3 Å². The molecule has 0 aliphatic heterocycles. The van der Waals surface area contributed by atoms with E-state index in [9.17, 15) is 0 Å². The van der Waals surface area contributed by atoms with Gasteiger partial charge in [0.05, 0.1) is 0 Å². The average Bonchev–Trinajstić information content (AvgIpc) is 2.56. The zero-order valence-corrected chi connectivity index (χ0v) is 12.8. The van der Waals surface area contributed by atoms with Crippen LogP contribution in [0.1, 0.15) is 11.3 Å². The molecule has 0 saturated carbocycles. The summed E-state index contributed by atoms with van der Waals surface area (Å²) in [6, 6.07) is 15.5. The van der Waals surface area contributed by atoms with E-state index in [2.05, 4.69) is 15.9 Å². The molecule has 3 aromatic rings. The Bertz CT molecular complexity index is 844. The predicted octanol–water partition coefficient (Wildman–Crippen LogP) is 4.75. The van der Waals surface area contributed by atoms with Crippen molar-refractivity contribution < 1.29 is 0 Å². The van der Waals surface area contributed by atoms with Gasteiger partial charge in [-0.15, -0.1) is 6.42 Å². The molecule has 3 rings (SSSR count). The van der Waals surface area contributed by atoms with Crippen molar-refractivity contribution in [2.75, 3.05) is 0 Å². The molecule has 3 heteroatoms. The number of hydrogen-bond donors (Lipinski definition) is 0. The maximum absolute atomic E-state index is 5.92. The van der Waals surface area contributed by atoms with Gasteiger partial charge in [-0.05, 0) is 30.5 Å². The first kappa shape index (κ1) is 14.3. The van der Waals surface area contributed by atoms with E-state index in [0.29, 0.717) is 16.5 Å². The molecule has 0 spiro atoms. The number of nitrogens with zero attached hydrogens (tertiary/aromatic N) is 2. The molecule has 106 valence electrons. The second kappa shape index (κ2) is 6.01. The first-order chi connectivity index (χ1) is 10.7. The summed E-state index contributed by atoms with van der Waals surface area (Å²) in [6.45, 7) is 2.04. The van der Waals surface area contributed by atoms with Crippen molar-refractivity contribution in [2.24, 2.45) is 0 Å². The highest BCUT2D eigenvalue weighted by Gasteiger charge is 2.09. The van der Waals surface area contributed by atoms with Crippen molar-refractivity contribution >= 4 is 11.6 Å². The van der Waals surface area contributed by atoms with Gasteiger partial charge in [0.2, 0.25) is 0 Å². The Kier molecular flexibility index (Phi) is 3.91. The molecule has 1 heterocycles. The summed E-state index contributed by atoms with van der Waals surface area (Å²) >= 11 is 5.92. The molecule has 2 aromatic carbocycles. The monoisotopic (exact) mass is 304 g/mol. The standard InChI is InChI=1S/C19H13ClN2/c1-3-18-17(14-8-10-16(20)11-9-14)12-21-19(22-18)15-6-4-13(2)5-7-15/h1,4-12H,2H3. The third kappa shape index (κ3) is 2.86. The van der Waals surface area contributed by atoms with Gasteiger partial charge in [-0.3, -0.25) is 0 Å². The lowest BCUT2D eigenvalue weighted by Crippen LogP contribution is -1.96. The molecule has 2 nitrogen and oxygen atoms in total. The van der Waals surface area contributed by atoms with Crippen LogP contribution in [0.3, 0.4) is 0 Å². The summed E-state index contributed by atoms with van der Waals surface area (Å²) in [5, 5.41) is 0.684. The molecule has 1 aromatic heterocycles. The van der Waals surface area contributed by atoms with E-state index in [0.717, 1.165) is 16.7 Å². The van der Waals surface area contributed by atoms with E-state index in [1.165, 1.54) is 5.56 Å². The number of terminal acetylenes is 1. The quantitative estimate of drug-likeness (QED) is 0.638. The molecular formula is C19H13ClN2. The van der Waals surface area contributed by atoms with Gasteiger partial charge in [-0.1, -0.05) is 53.6 Å². The Hall–Kier alpha value is -2.63. The maximum Gasteiger partial charge on any atom is 0.160 e. The van der Waals surface area contributed by atoms with E-state index in [1.807, 2.05) is 55.5 Å². The zero-order chi connectivity index (χ0) is 15.5. The molecule has 0 amide bonds. The summed E-state index contributed by atoms with van der Waals surface area (Å²) < 4.78 is 0. The van der Waals surface area contributed by atoms with Gasteiger partial charge in [0.15, 0.2) is 5.82 Å². The van der Waals surface area contributed by atoms with Crippen LogP contribution in [-0.2, 0) is 0 Å². The highest BCUT2D eigenvalue weighted by atomic mass is 35.5. The Morgan fingerprint density at radius 3 is 2.23 bits per heavy atom. The molecule has 0 bridgehead atoms. The van der Waals surface area contributed by atoms with Crippen molar-refractivity contribution in [2.45, 2.75) is 6.92 Å². The van der Waals surface area contributed by atoms with Crippen molar-refractivity contribution in [1.82, 2.24) is 9.97 Å². The highest BCUT2D eigenvalue weighted by molar-refractivity contribution is 6.30. The average molecular weight is 305 g/mol. The van der Waals surface area contributed by atoms with Crippen LogP contribution in [0.25, 0.3) is 22.5 Å². The number of hydrogen-bond acceptors (Lipinski definition) is 2. The molecule has 0 radical (unpaired) electrons. The molecule has 0 fully saturated rings. The summed E-state index contributed by atoms with van der Waals surface area (Å²) in [5.41, 5.74) is 4.50. The van der Waals surface area contributed by atoms with Gasteiger partial charge in [-0.25, -0.2) is 9.97 Å². The molecule has 0 N–H and O–H groups in total. The van der Waals surface area contributed by atoms with E-state index < -0.39 is 0 Å². The zero-order valence-electron chi connectivity index (χ0n) is 12.0. The largest absolute Gasteiger partial charge is 0.236 e. The molecule has 0 aliphatic carbocycles. The topological polar surface area (TPSA) is 25.8 Å². The maximum atomic E-state index is 5.92. The minimum absolute atomic E-state index is 0.577. The molecule has 0 aliphatic rings. The Balaban J connectivity index is 2.06. The first-order valence-electron chi connectivity index (χ1n) is 6.84. The van der Waals surface area contributed by atoms with Gasteiger partial charge >= 0.3 is 0 Å². The summed E-state index contributed by atoms with van der Waals surface area (Å²) in [5.74, 6) is 3.28. The lowest BCUT2D eigenvalue weighted by atomic mass is 10.1. The summed E-state index contributed by atoms with van der Waals surface area (Å²) in [4.78, 5) is 8.96. The molecule has 0 unspecified atom stereocenters. The third-order valence-corrected chi connectivity index (χ3v) is 3.64.